The molecule has 0 heterocycles. The molecule has 0 aliphatic rings. The summed E-state index contributed by atoms with van der Waals surface area (Å²) in [4.78, 5) is 12.9. The Labute approximate surface area is 125 Å². The van der Waals surface area contributed by atoms with Gasteiger partial charge in [-0.1, -0.05) is 19.1 Å². The first-order valence-electron chi connectivity index (χ1n) is 6.31. The number of thioether (sulfide) groups is 1. The van der Waals surface area contributed by atoms with Gasteiger partial charge in [0.1, 0.15) is 11.4 Å². The van der Waals surface area contributed by atoms with Gasteiger partial charge in [-0.3, -0.25) is 4.79 Å². The summed E-state index contributed by atoms with van der Waals surface area (Å²) >= 11 is 1.52. The fraction of sp³-hybridized carbons (Fsp3) is 0.133. The van der Waals surface area contributed by atoms with Gasteiger partial charge in [0, 0.05) is 4.90 Å². The van der Waals surface area contributed by atoms with Crippen LogP contribution in [0.3, 0.4) is 0 Å². The second kappa shape index (κ2) is 6.58. The van der Waals surface area contributed by atoms with E-state index in [1.807, 2.05) is 19.1 Å². The molecule has 3 nitrogen and oxygen atoms in total. The molecule has 6 heteroatoms. The summed E-state index contributed by atoms with van der Waals surface area (Å²) < 4.78 is 27.5. The van der Waals surface area contributed by atoms with Gasteiger partial charge in [0.15, 0.2) is 5.82 Å². The molecule has 0 aromatic heterocycles. The van der Waals surface area contributed by atoms with Crippen LogP contribution in [0.4, 0.5) is 20.2 Å². The van der Waals surface area contributed by atoms with Crippen molar-refractivity contribution in [2.24, 2.45) is 0 Å². The van der Waals surface area contributed by atoms with Gasteiger partial charge >= 0.3 is 0 Å². The smallest absolute Gasteiger partial charge is 0.261 e. The molecule has 0 fully saturated rings. The zero-order valence-electron chi connectivity index (χ0n) is 11.3. The van der Waals surface area contributed by atoms with E-state index in [9.17, 15) is 13.6 Å². The third-order valence-electron chi connectivity index (χ3n) is 2.78. The number of amides is 1. The second-order valence-electron chi connectivity index (χ2n) is 4.21. The van der Waals surface area contributed by atoms with E-state index in [1.165, 1.54) is 11.8 Å². The normalized spacial score (nSPS) is 10.4. The lowest BCUT2D eigenvalue weighted by Gasteiger charge is -2.11. The molecule has 2 aromatic carbocycles. The first kappa shape index (κ1) is 15.3. The minimum Gasteiger partial charge on any atom is -0.396 e. The number of halogens is 2. The molecule has 0 atom stereocenters. The lowest BCUT2D eigenvalue weighted by molar-refractivity contribution is 0.101. The monoisotopic (exact) mass is 308 g/mol. The molecule has 2 rings (SSSR count). The molecule has 0 spiro atoms. The van der Waals surface area contributed by atoms with Crippen molar-refractivity contribution in [3.05, 3.63) is 53.6 Å². The van der Waals surface area contributed by atoms with E-state index in [0.717, 1.165) is 22.8 Å². The summed E-state index contributed by atoms with van der Waals surface area (Å²) in [6.07, 6.45) is 0. The quantitative estimate of drug-likeness (QED) is 0.665. The number of nitrogens with two attached hydrogens (primary N) is 1. The summed E-state index contributed by atoms with van der Waals surface area (Å²) in [5.41, 5.74) is 4.94. The summed E-state index contributed by atoms with van der Waals surface area (Å²) in [5, 5.41) is 2.53. The van der Waals surface area contributed by atoms with Gasteiger partial charge in [-0.2, -0.15) is 0 Å². The fourth-order valence-electron chi connectivity index (χ4n) is 1.81. The fourth-order valence-corrected chi connectivity index (χ4v) is 2.57. The van der Waals surface area contributed by atoms with Crippen molar-refractivity contribution in [2.45, 2.75) is 11.8 Å². The largest absolute Gasteiger partial charge is 0.396 e. The summed E-state index contributed by atoms with van der Waals surface area (Å²) in [6.45, 7) is 1.97. The van der Waals surface area contributed by atoms with E-state index in [1.54, 1.807) is 12.1 Å². The molecule has 3 N–H and O–H groups in total. The Morgan fingerprint density at radius 3 is 2.67 bits per heavy atom. The molecule has 2 aromatic rings. The lowest BCUT2D eigenvalue weighted by Crippen LogP contribution is -2.17. The van der Waals surface area contributed by atoms with Gasteiger partial charge in [-0.25, -0.2) is 8.78 Å². The number of benzene rings is 2. The number of nitrogens with one attached hydrogen (secondary N) is 1. The van der Waals surface area contributed by atoms with Crippen molar-refractivity contribution in [1.82, 2.24) is 0 Å². The highest BCUT2D eigenvalue weighted by molar-refractivity contribution is 7.99. The second-order valence-corrected chi connectivity index (χ2v) is 5.51. The van der Waals surface area contributed by atoms with Crippen LogP contribution in [0.15, 0.2) is 41.3 Å². The molecule has 110 valence electrons. The van der Waals surface area contributed by atoms with Crippen molar-refractivity contribution in [1.29, 1.82) is 0 Å². The zero-order chi connectivity index (χ0) is 15.4. The van der Waals surface area contributed by atoms with Crippen molar-refractivity contribution in [3.63, 3.8) is 0 Å². The molecule has 1 amide bonds. The summed E-state index contributed by atoms with van der Waals surface area (Å²) in [6, 6.07) is 9.13. The average molecular weight is 308 g/mol. The minimum absolute atomic E-state index is 0.266. The highest BCUT2D eigenvalue weighted by Crippen LogP contribution is 2.28. The Morgan fingerprint density at radius 1 is 1.24 bits per heavy atom. The number of carbonyl (C=O) groups is 1. The number of rotatable bonds is 4. The van der Waals surface area contributed by atoms with Crippen LogP contribution < -0.4 is 11.1 Å². The van der Waals surface area contributed by atoms with Crippen LogP contribution in [0.1, 0.15) is 17.3 Å². The summed E-state index contributed by atoms with van der Waals surface area (Å²) in [7, 11) is 0. The van der Waals surface area contributed by atoms with Crippen LogP contribution in [-0.2, 0) is 0 Å². The van der Waals surface area contributed by atoms with Gasteiger partial charge in [0.2, 0.25) is 0 Å². The Hall–Kier alpha value is -2.08. The standard InChI is InChI=1S/C15H14F2N2OS/c1-2-21-12-6-4-3-5-11(12)19-15(20)13-9(16)7-8-10(18)14(13)17/h3-8H,2,18H2,1H3,(H,19,20). The molecule has 0 aliphatic carbocycles. The van der Waals surface area contributed by atoms with Crippen LogP contribution in [0.2, 0.25) is 0 Å². The molecule has 0 saturated carbocycles. The minimum atomic E-state index is -1.05. The first-order chi connectivity index (χ1) is 10.0. The van der Waals surface area contributed by atoms with Crippen molar-refractivity contribution in [3.8, 4) is 0 Å². The Kier molecular flexibility index (Phi) is 4.80. The van der Waals surface area contributed by atoms with E-state index in [-0.39, 0.29) is 5.69 Å². The van der Waals surface area contributed by atoms with E-state index in [2.05, 4.69) is 5.32 Å². The predicted molar refractivity (Wildman–Crippen MR) is 81.6 cm³/mol. The Balaban J connectivity index is 2.33. The summed E-state index contributed by atoms with van der Waals surface area (Å²) in [5.74, 6) is -2.04. The maximum absolute atomic E-state index is 13.8. The number of anilines is 2. The number of hydrogen-bond donors (Lipinski definition) is 2. The van der Waals surface area contributed by atoms with Gasteiger partial charge in [-0.05, 0) is 30.0 Å². The van der Waals surface area contributed by atoms with E-state index in [0.29, 0.717) is 5.69 Å². The van der Waals surface area contributed by atoms with E-state index >= 15 is 0 Å². The van der Waals surface area contributed by atoms with Crippen LogP contribution >= 0.6 is 11.8 Å². The SMILES string of the molecule is CCSc1ccccc1NC(=O)c1c(F)ccc(N)c1F. The third-order valence-corrected chi connectivity index (χ3v) is 3.74. The maximum Gasteiger partial charge on any atom is 0.261 e. The van der Waals surface area contributed by atoms with E-state index < -0.39 is 23.1 Å². The van der Waals surface area contributed by atoms with E-state index in [4.69, 9.17) is 5.73 Å². The van der Waals surface area contributed by atoms with Crippen LogP contribution in [0.25, 0.3) is 0 Å². The molecule has 0 radical (unpaired) electrons. The highest BCUT2D eigenvalue weighted by atomic mass is 32.2. The van der Waals surface area contributed by atoms with Gasteiger partial charge in [0.25, 0.3) is 5.91 Å². The first-order valence-corrected chi connectivity index (χ1v) is 7.29. The van der Waals surface area contributed by atoms with Gasteiger partial charge < -0.3 is 11.1 Å². The third kappa shape index (κ3) is 3.33. The topological polar surface area (TPSA) is 55.1 Å². The van der Waals surface area contributed by atoms with Gasteiger partial charge in [0.05, 0.1) is 11.4 Å². The predicted octanol–water partition coefficient (Wildman–Crippen LogP) is 3.91. The number of para-hydroxylation sites is 1. The van der Waals surface area contributed by atoms with Crippen molar-refractivity contribution in [2.75, 3.05) is 16.8 Å². The zero-order valence-corrected chi connectivity index (χ0v) is 12.1. The molecule has 21 heavy (non-hydrogen) atoms. The molecule has 0 bridgehead atoms. The van der Waals surface area contributed by atoms with Crippen LogP contribution in [-0.4, -0.2) is 11.7 Å². The lowest BCUT2D eigenvalue weighted by atomic mass is 10.1. The number of hydrogen-bond acceptors (Lipinski definition) is 3. The Morgan fingerprint density at radius 2 is 1.95 bits per heavy atom. The molecular weight excluding hydrogens is 294 g/mol. The average Bonchev–Trinajstić information content (AvgIpc) is 2.46. The van der Waals surface area contributed by atoms with Crippen molar-refractivity contribution >= 4 is 29.0 Å². The molecule has 0 saturated heterocycles. The van der Waals surface area contributed by atoms with Crippen LogP contribution in [0, 0.1) is 11.6 Å². The molecule has 0 unspecified atom stereocenters. The van der Waals surface area contributed by atoms with Crippen LogP contribution in [0.5, 0.6) is 0 Å². The number of carbonyl (C=O) groups excluding carboxylic acids is 1. The van der Waals surface area contributed by atoms with Gasteiger partial charge in [-0.15, -0.1) is 11.8 Å². The Bertz CT molecular complexity index is 677. The molecule has 0 aliphatic heterocycles. The van der Waals surface area contributed by atoms with Crippen molar-refractivity contribution < 1.29 is 13.6 Å². The molecular formula is C15H14F2N2OS. The number of nitrogen functional groups attached to an aromatic ring is 1. The highest BCUT2D eigenvalue weighted by Gasteiger charge is 2.20. The maximum atomic E-state index is 13.8.